The average Bonchev–Trinajstić information content (AvgIpc) is 3.09. The number of rotatable bonds is 8. The molecular formula is C16H22N4O4S2. The molecule has 1 amide bonds. The highest BCUT2D eigenvalue weighted by molar-refractivity contribution is 7.91. The average molecular weight is 399 g/mol. The van der Waals surface area contributed by atoms with Crippen LogP contribution in [-0.4, -0.2) is 31.6 Å². The second-order valence-corrected chi connectivity index (χ2v) is 8.74. The van der Waals surface area contributed by atoms with Crippen molar-refractivity contribution in [3.63, 3.8) is 0 Å². The molecular weight excluding hydrogens is 376 g/mol. The Bertz CT molecular complexity index is 847. The number of nitrogens with zero attached hydrogens (tertiary/aromatic N) is 2. The summed E-state index contributed by atoms with van der Waals surface area (Å²) in [5.41, 5.74) is 0.815. The van der Waals surface area contributed by atoms with Crippen LogP contribution in [0.15, 0.2) is 28.6 Å². The summed E-state index contributed by atoms with van der Waals surface area (Å²) in [5, 5.41) is 10.1. The Labute approximate surface area is 157 Å². The van der Waals surface area contributed by atoms with Crippen LogP contribution >= 0.6 is 11.3 Å². The standard InChI is InChI=1S/C16H22N4O4S2/c1-5-13(11-6-8-12(24-4)9-7-11)20-26(22,23)16-19-18-15(25-16)17-14(21)10(2)3/h6-10,13,20H,5H2,1-4H3,(H,17,18,21)/t13-/m1/s1. The largest absolute Gasteiger partial charge is 0.497 e. The SMILES string of the molecule is CC[C@@H](NS(=O)(=O)c1nnc(NC(=O)C(C)C)s1)c1ccc(OC)cc1. The Balaban J connectivity index is 2.15. The minimum absolute atomic E-state index is 0.154. The molecule has 0 saturated heterocycles. The Hall–Kier alpha value is -2.04. The van der Waals surface area contributed by atoms with E-state index in [9.17, 15) is 13.2 Å². The number of nitrogens with one attached hydrogen (secondary N) is 2. The number of carbonyl (C=O) groups excluding carboxylic acids is 1. The highest BCUT2D eigenvalue weighted by atomic mass is 32.2. The summed E-state index contributed by atoms with van der Waals surface area (Å²) in [6.07, 6.45) is 0.557. The van der Waals surface area contributed by atoms with Crippen LogP contribution in [0.5, 0.6) is 5.75 Å². The molecule has 1 aromatic carbocycles. The highest BCUT2D eigenvalue weighted by Crippen LogP contribution is 2.25. The minimum atomic E-state index is -3.86. The van der Waals surface area contributed by atoms with Crippen molar-refractivity contribution in [2.24, 2.45) is 5.92 Å². The molecule has 26 heavy (non-hydrogen) atoms. The zero-order valence-corrected chi connectivity index (χ0v) is 16.6. The van der Waals surface area contributed by atoms with Gasteiger partial charge in [-0.3, -0.25) is 4.79 Å². The fraction of sp³-hybridized carbons (Fsp3) is 0.438. The minimum Gasteiger partial charge on any atom is -0.497 e. The maximum atomic E-state index is 12.6. The van der Waals surface area contributed by atoms with Crippen LogP contribution in [-0.2, 0) is 14.8 Å². The molecule has 0 bridgehead atoms. The number of ether oxygens (including phenoxy) is 1. The molecule has 0 radical (unpaired) electrons. The van der Waals surface area contributed by atoms with E-state index >= 15 is 0 Å². The molecule has 1 heterocycles. The van der Waals surface area contributed by atoms with Crippen LogP contribution in [0.4, 0.5) is 5.13 Å². The molecule has 0 aliphatic rings. The van der Waals surface area contributed by atoms with Crippen molar-refractivity contribution in [3.8, 4) is 5.75 Å². The molecule has 2 aromatic rings. The van der Waals surface area contributed by atoms with Gasteiger partial charge in [0.2, 0.25) is 15.4 Å². The summed E-state index contributed by atoms with van der Waals surface area (Å²) < 4.78 is 32.7. The van der Waals surface area contributed by atoms with Gasteiger partial charge in [-0.25, -0.2) is 13.1 Å². The van der Waals surface area contributed by atoms with E-state index in [1.165, 1.54) is 0 Å². The van der Waals surface area contributed by atoms with Gasteiger partial charge in [-0.15, -0.1) is 10.2 Å². The third-order valence-corrected chi connectivity index (χ3v) is 6.29. The second-order valence-electron chi connectivity index (χ2n) is 5.87. The van der Waals surface area contributed by atoms with E-state index < -0.39 is 16.1 Å². The van der Waals surface area contributed by atoms with Crippen molar-refractivity contribution in [2.45, 2.75) is 37.6 Å². The topological polar surface area (TPSA) is 110 Å². The molecule has 0 aliphatic heterocycles. The van der Waals surface area contributed by atoms with Gasteiger partial charge < -0.3 is 10.1 Å². The van der Waals surface area contributed by atoms with Crippen molar-refractivity contribution in [1.29, 1.82) is 0 Å². The summed E-state index contributed by atoms with van der Waals surface area (Å²) in [6, 6.07) is 6.75. The molecule has 1 aromatic heterocycles. The Kier molecular flexibility index (Phi) is 6.68. The quantitative estimate of drug-likeness (QED) is 0.661. The number of benzene rings is 1. The number of hydrogen-bond acceptors (Lipinski definition) is 7. The molecule has 0 aliphatic carbocycles. The highest BCUT2D eigenvalue weighted by Gasteiger charge is 2.25. The summed E-state index contributed by atoms with van der Waals surface area (Å²) in [4.78, 5) is 11.7. The van der Waals surface area contributed by atoms with Gasteiger partial charge in [0.05, 0.1) is 7.11 Å². The molecule has 1 atom stereocenters. The fourth-order valence-corrected chi connectivity index (χ4v) is 4.31. The van der Waals surface area contributed by atoms with Crippen LogP contribution in [0.2, 0.25) is 0 Å². The van der Waals surface area contributed by atoms with E-state index in [0.717, 1.165) is 16.9 Å². The zero-order valence-electron chi connectivity index (χ0n) is 15.0. The molecule has 8 nitrogen and oxygen atoms in total. The molecule has 0 fully saturated rings. The Morgan fingerprint density at radius 2 is 1.88 bits per heavy atom. The van der Waals surface area contributed by atoms with Crippen LogP contribution in [0, 0.1) is 5.92 Å². The molecule has 142 valence electrons. The summed E-state index contributed by atoms with van der Waals surface area (Å²) >= 11 is 0.815. The first-order chi connectivity index (χ1) is 12.3. The van der Waals surface area contributed by atoms with Gasteiger partial charge in [-0.1, -0.05) is 44.2 Å². The predicted molar refractivity (Wildman–Crippen MR) is 99.7 cm³/mol. The number of hydrogen-bond donors (Lipinski definition) is 2. The van der Waals surface area contributed by atoms with E-state index in [1.807, 2.05) is 19.1 Å². The number of carbonyl (C=O) groups is 1. The maximum absolute atomic E-state index is 12.6. The number of aromatic nitrogens is 2. The number of methoxy groups -OCH3 is 1. The Morgan fingerprint density at radius 3 is 2.42 bits per heavy atom. The van der Waals surface area contributed by atoms with Crippen molar-refractivity contribution < 1.29 is 17.9 Å². The Morgan fingerprint density at radius 1 is 1.23 bits per heavy atom. The van der Waals surface area contributed by atoms with Crippen molar-refractivity contribution in [1.82, 2.24) is 14.9 Å². The number of anilines is 1. The van der Waals surface area contributed by atoms with Crippen molar-refractivity contribution >= 4 is 32.4 Å². The normalized spacial score (nSPS) is 12.8. The van der Waals surface area contributed by atoms with Gasteiger partial charge in [-0.2, -0.15) is 0 Å². The second kappa shape index (κ2) is 8.56. The van der Waals surface area contributed by atoms with Gasteiger partial charge in [0.15, 0.2) is 0 Å². The third kappa shape index (κ3) is 4.99. The van der Waals surface area contributed by atoms with Crippen LogP contribution in [0.1, 0.15) is 38.8 Å². The van der Waals surface area contributed by atoms with Crippen LogP contribution in [0.3, 0.4) is 0 Å². The molecule has 2 N–H and O–H groups in total. The number of sulfonamides is 1. The monoisotopic (exact) mass is 398 g/mol. The summed E-state index contributed by atoms with van der Waals surface area (Å²) in [5.74, 6) is 0.209. The van der Waals surface area contributed by atoms with E-state index in [4.69, 9.17) is 4.74 Å². The lowest BCUT2D eigenvalue weighted by Gasteiger charge is -2.16. The molecule has 10 heteroatoms. The van der Waals surface area contributed by atoms with Gasteiger partial charge in [0.1, 0.15) is 5.75 Å². The lowest BCUT2D eigenvalue weighted by Crippen LogP contribution is -2.28. The van der Waals surface area contributed by atoms with Gasteiger partial charge >= 0.3 is 0 Å². The van der Waals surface area contributed by atoms with Crippen LogP contribution in [0.25, 0.3) is 0 Å². The van der Waals surface area contributed by atoms with Crippen LogP contribution < -0.4 is 14.8 Å². The molecule has 0 spiro atoms. The molecule has 0 saturated carbocycles. The van der Waals surface area contributed by atoms with E-state index in [2.05, 4.69) is 20.2 Å². The molecule has 0 unspecified atom stereocenters. The lowest BCUT2D eigenvalue weighted by molar-refractivity contribution is -0.118. The van der Waals surface area contributed by atoms with E-state index in [1.54, 1.807) is 33.1 Å². The first kappa shape index (κ1) is 20.3. The van der Waals surface area contributed by atoms with E-state index in [-0.39, 0.29) is 21.3 Å². The fourth-order valence-electron chi connectivity index (χ4n) is 2.08. The predicted octanol–water partition coefficient (Wildman–Crippen LogP) is 2.57. The zero-order chi connectivity index (χ0) is 19.3. The summed E-state index contributed by atoms with van der Waals surface area (Å²) in [7, 11) is -2.29. The lowest BCUT2D eigenvalue weighted by atomic mass is 10.1. The van der Waals surface area contributed by atoms with Gasteiger partial charge in [-0.05, 0) is 24.1 Å². The van der Waals surface area contributed by atoms with Gasteiger partial charge in [0.25, 0.3) is 10.0 Å². The number of amides is 1. The van der Waals surface area contributed by atoms with Crippen molar-refractivity contribution in [2.75, 3.05) is 12.4 Å². The smallest absolute Gasteiger partial charge is 0.270 e. The maximum Gasteiger partial charge on any atom is 0.270 e. The first-order valence-electron chi connectivity index (χ1n) is 8.07. The summed E-state index contributed by atoms with van der Waals surface area (Å²) in [6.45, 7) is 5.35. The third-order valence-electron chi connectivity index (χ3n) is 3.61. The van der Waals surface area contributed by atoms with Crippen molar-refractivity contribution in [3.05, 3.63) is 29.8 Å². The first-order valence-corrected chi connectivity index (χ1v) is 10.4. The van der Waals surface area contributed by atoms with E-state index in [0.29, 0.717) is 12.2 Å². The molecule has 2 rings (SSSR count). The van der Waals surface area contributed by atoms with Gasteiger partial charge in [0, 0.05) is 12.0 Å².